The van der Waals surface area contributed by atoms with Crippen molar-refractivity contribution in [3.63, 3.8) is 0 Å². The van der Waals surface area contributed by atoms with Crippen LogP contribution in [0.25, 0.3) is 6.08 Å². The molecule has 0 heterocycles. The highest BCUT2D eigenvalue weighted by atomic mass is 16.3. The van der Waals surface area contributed by atoms with E-state index in [0.29, 0.717) is 5.75 Å². The molecule has 0 saturated heterocycles. The molecule has 2 heteroatoms. The Morgan fingerprint density at radius 2 is 1.47 bits per heavy atom. The molecule has 0 aliphatic heterocycles. The highest BCUT2D eigenvalue weighted by Crippen LogP contribution is 2.36. The summed E-state index contributed by atoms with van der Waals surface area (Å²) in [6.07, 6.45) is 10.0. The van der Waals surface area contributed by atoms with E-state index in [-0.39, 0.29) is 5.75 Å². The number of phenols is 2. The van der Waals surface area contributed by atoms with Crippen LogP contribution in [0.4, 0.5) is 0 Å². The molecule has 0 radical (unpaired) electrons. The van der Waals surface area contributed by atoms with Gasteiger partial charge in [0.1, 0.15) is 11.5 Å². The number of hydrogen-bond acceptors (Lipinski definition) is 2. The lowest BCUT2D eigenvalue weighted by atomic mass is 9.97. The molecule has 0 bridgehead atoms. The summed E-state index contributed by atoms with van der Waals surface area (Å²) in [6, 6.07) is 0. The number of unbranched alkanes of at least 4 members (excludes halogenated alkanes) is 4. The smallest absolute Gasteiger partial charge is 0.126 e. The summed E-state index contributed by atoms with van der Waals surface area (Å²) in [4.78, 5) is 0. The standard InChI is InChI=1S/C17H26O2/c1-5-6-7-8-9-10-11-15-14(4)16(18)12(2)13(3)17(15)19/h10-11,18-19H,5-9H2,1-4H3/b11-10+. The van der Waals surface area contributed by atoms with Crippen LogP contribution in [0.5, 0.6) is 11.5 Å². The molecule has 0 aromatic heterocycles. The first-order valence-electron chi connectivity index (χ1n) is 7.18. The van der Waals surface area contributed by atoms with Gasteiger partial charge >= 0.3 is 0 Å². The molecule has 0 fully saturated rings. The Kier molecular flexibility index (Phi) is 5.94. The summed E-state index contributed by atoms with van der Waals surface area (Å²) < 4.78 is 0. The largest absolute Gasteiger partial charge is 0.507 e. The first-order valence-corrected chi connectivity index (χ1v) is 7.18. The molecule has 0 saturated carbocycles. The minimum absolute atomic E-state index is 0.289. The van der Waals surface area contributed by atoms with Crippen LogP contribution >= 0.6 is 0 Å². The van der Waals surface area contributed by atoms with Crippen molar-refractivity contribution in [1.29, 1.82) is 0 Å². The molecule has 2 N–H and O–H groups in total. The summed E-state index contributed by atoms with van der Waals surface area (Å²) in [7, 11) is 0. The monoisotopic (exact) mass is 262 g/mol. The van der Waals surface area contributed by atoms with Gasteiger partial charge in [-0.3, -0.25) is 0 Å². The fourth-order valence-electron chi connectivity index (χ4n) is 2.24. The molecule has 0 unspecified atom stereocenters. The third-order valence-corrected chi connectivity index (χ3v) is 3.80. The average molecular weight is 262 g/mol. The van der Waals surface area contributed by atoms with Gasteiger partial charge in [0.25, 0.3) is 0 Å². The van der Waals surface area contributed by atoms with Gasteiger partial charge in [0, 0.05) is 11.1 Å². The Bertz CT molecular complexity index is 430. The SMILES string of the molecule is CCCCCC/C=C/c1c(C)c(O)c(C)c(C)c1O. The van der Waals surface area contributed by atoms with Crippen molar-refractivity contribution in [2.75, 3.05) is 0 Å². The lowest BCUT2D eigenvalue weighted by Crippen LogP contribution is -1.92. The zero-order chi connectivity index (χ0) is 14.4. The highest BCUT2D eigenvalue weighted by molar-refractivity contribution is 5.68. The van der Waals surface area contributed by atoms with Crippen molar-refractivity contribution in [3.05, 3.63) is 28.3 Å². The van der Waals surface area contributed by atoms with Gasteiger partial charge in [-0.1, -0.05) is 38.3 Å². The molecule has 1 rings (SSSR count). The first kappa shape index (κ1) is 15.6. The summed E-state index contributed by atoms with van der Waals surface area (Å²) in [5.41, 5.74) is 3.02. The maximum atomic E-state index is 10.2. The Hall–Kier alpha value is -1.44. The van der Waals surface area contributed by atoms with E-state index in [1.807, 2.05) is 26.8 Å². The van der Waals surface area contributed by atoms with Crippen LogP contribution in [0, 0.1) is 20.8 Å². The summed E-state index contributed by atoms with van der Waals surface area (Å²) >= 11 is 0. The van der Waals surface area contributed by atoms with Crippen LogP contribution in [-0.2, 0) is 0 Å². The molecule has 0 amide bonds. The Morgan fingerprint density at radius 3 is 2.11 bits per heavy atom. The van der Waals surface area contributed by atoms with E-state index in [0.717, 1.165) is 28.7 Å². The van der Waals surface area contributed by atoms with Crippen molar-refractivity contribution >= 4 is 6.08 Å². The van der Waals surface area contributed by atoms with Gasteiger partial charge in [-0.15, -0.1) is 0 Å². The Morgan fingerprint density at radius 1 is 0.842 bits per heavy atom. The fraction of sp³-hybridized carbons (Fsp3) is 0.529. The second-order valence-electron chi connectivity index (χ2n) is 5.24. The predicted octanol–water partition coefficient (Wildman–Crippen LogP) is 5.01. The Labute approximate surface area is 116 Å². The maximum absolute atomic E-state index is 10.2. The van der Waals surface area contributed by atoms with E-state index in [1.54, 1.807) is 0 Å². The lowest BCUT2D eigenvalue weighted by molar-refractivity contribution is 0.448. The minimum Gasteiger partial charge on any atom is -0.507 e. The number of hydrogen-bond donors (Lipinski definition) is 2. The van der Waals surface area contributed by atoms with Crippen molar-refractivity contribution < 1.29 is 10.2 Å². The van der Waals surface area contributed by atoms with Crippen LogP contribution in [0.1, 0.15) is 61.3 Å². The summed E-state index contributed by atoms with van der Waals surface area (Å²) in [5.74, 6) is 0.582. The van der Waals surface area contributed by atoms with E-state index in [2.05, 4.69) is 13.0 Å². The van der Waals surface area contributed by atoms with Gasteiger partial charge in [0.15, 0.2) is 0 Å². The van der Waals surface area contributed by atoms with Gasteiger partial charge in [-0.2, -0.15) is 0 Å². The average Bonchev–Trinajstić information content (AvgIpc) is 2.41. The summed E-state index contributed by atoms with van der Waals surface area (Å²) in [5, 5.41) is 20.2. The zero-order valence-corrected chi connectivity index (χ0v) is 12.6. The molecule has 106 valence electrons. The van der Waals surface area contributed by atoms with E-state index < -0.39 is 0 Å². The fourth-order valence-corrected chi connectivity index (χ4v) is 2.24. The normalized spacial score (nSPS) is 11.4. The molecule has 1 aromatic rings. The second-order valence-corrected chi connectivity index (χ2v) is 5.24. The number of aromatic hydroxyl groups is 2. The van der Waals surface area contributed by atoms with E-state index >= 15 is 0 Å². The van der Waals surface area contributed by atoms with Crippen LogP contribution in [0.2, 0.25) is 0 Å². The Balaban J connectivity index is 2.81. The molecule has 0 aliphatic rings. The summed E-state index contributed by atoms with van der Waals surface area (Å²) in [6.45, 7) is 7.71. The van der Waals surface area contributed by atoms with E-state index in [4.69, 9.17) is 0 Å². The predicted molar refractivity (Wildman–Crippen MR) is 81.8 cm³/mol. The number of phenolic OH excluding ortho intramolecular Hbond substituents is 2. The first-order chi connectivity index (χ1) is 9.00. The topological polar surface area (TPSA) is 40.5 Å². The van der Waals surface area contributed by atoms with Crippen LogP contribution in [0.3, 0.4) is 0 Å². The molecule has 19 heavy (non-hydrogen) atoms. The van der Waals surface area contributed by atoms with Crippen LogP contribution < -0.4 is 0 Å². The minimum atomic E-state index is 0.289. The van der Waals surface area contributed by atoms with Crippen LogP contribution in [0.15, 0.2) is 6.08 Å². The van der Waals surface area contributed by atoms with Gasteiger partial charge in [0.05, 0.1) is 0 Å². The van der Waals surface area contributed by atoms with E-state index in [9.17, 15) is 10.2 Å². The van der Waals surface area contributed by atoms with Crippen molar-refractivity contribution in [2.24, 2.45) is 0 Å². The van der Waals surface area contributed by atoms with Gasteiger partial charge < -0.3 is 10.2 Å². The second kappa shape index (κ2) is 7.22. The number of rotatable bonds is 6. The molecule has 0 atom stereocenters. The zero-order valence-electron chi connectivity index (χ0n) is 12.6. The van der Waals surface area contributed by atoms with Crippen LogP contribution in [-0.4, -0.2) is 10.2 Å². The molecule has 1 aromatic carbocycles. The van der Waals surface area contributed by atoms with Crippen molar-refractivity contribution in [3.8, 4) is 11.5 Å². The number of allylic oxidation sites excluding steroid dienone is 1. The van der Waals surface area contributed by atoms with Crippen molar-refractivity contribution in [2.45, 2.75) is 59.8 Å². The third kappa shape index (κ3) is 3.76. The van der Waals surface area contributed by atoms with Gasteiger partial charge in [-0.05, 0) is 44.7 Å². The van der Waals surface area contributed by atoms with Crippen molar-refractivity contribution in [1.82, 2.24) is 0 Å². The molecular weight excluding hydrogens is 236 g/mol. The van der Waals surface area contributed by atoms with Gasteiger partial charge in [0.2, 0.25) is 0 Å². The molecule has 0 spiro atoms. The number of benzene rings is 1. The third-order valence-electron chi connectivity index (χ3n) is 3.80. The highest BCUT2D eigenvalue weighted by Gasteiger charge is 2.14. The molecule has 0 aliphatic carbocycles. The molecular formula is C17H26O2. The maximum Gasteiger partial charge on any atom is 0.126 e. The lowest BCUT2D eigenvalue weighted by Gasteiger charge is -2.13. The van der Waals surface area contributed by atoms with Gasteiger partial charge in [-0.25, -0.2) is 0 Å². The molecule has 2 nitrogen and oxygen atoms in total. The van der Waals surface area contributed by atoms with E-state index in [1.165, 1.54) is 25.7 Å². The quantitative estimate of drug-likeness (QED) is 0.559.